The maximum atomic E-state index is 12.9. The molecule has 1 aliphatic heterocycles. The lowest BCUT2D eigenvalue weighted by atomic mass is 9.98. The van der Waals surface area contributed by atoms with E-state index >= 15 is 0 Å². The van der Waals surface area contributed by atoms with Crippen LogP contribution in [-0.2, 0) is 4.79 Å². The highest BCUT2D eigenvalue weighted by Crippen LogP contribution is 2.20. The Balaban J connectivity index is 2.80. The van der Waals surface area contributed by atoms with Crippen LogP contribution in [0.15, 0.2) is 0 Å². The zero-order chi connectivity index (χ0) is 14.6. The quantitative estimate of drug-likeness (QED) is 0.823. The molecule has 0 atom stereocenters. The van der Waals surface area contributed by atoms with E-state index in [4.69, 9.17) is 0 Å². The van der Waals surface area contributed by atoms with Crippen molar-refractivity contribution in [2.45, 2.75) is 53.1 Å². The molecule has 0 saturated carbocycles. The molecule has 112 valence electrons. The fourth-order valence-electron chi connectivity index (χ4n) is 2.63. The highest BCUT2D eigenvalue weighted by atomic mass is 16.2. The van der Waals surface area contributed by atoms with Crippen LogP contribution in [0, 0.1) is 5.92 Å². The molecule has 0 aromatic rings. The number of amides is 1. The second-order valence-electron chi connectivity index (χ2n) is 6.74. The van der Waals surface area contributed by atoms with Crippen molar-refractivity contribution in [2.75, 3.05) is 32.7 Å². The van der Waals surface area contributed by atoms with E-state index in [9.17, 15) is 4.79 Å². The maximum absolute atomic E-state index is 12.9. The lowest BCUT2D eigenvalue weighted by Gasteiger charge is -2.44. The Morgan fingerprint density at radius 3 is 2.16 bits per heavy atom. The Hall–Kier alpha value is -0.610. The molecule has 4 nitrogen and oxygen atoms in total. The molecule has 1 heterocycles. The predicted molar refractivity (Wildman–Crippen MR) is 80.2 cm³/mol. The molecule has 1 aliphatic rings. The number of hydrogen-bond acceptors (Lipinski definition) is 3. The number of rotatable bonds is 5. The molecule has 19 heavy (non-hydrogen) atoms. The average Bonchev–Trinajstić information content (AvgIpc) is 2.35. The number of nitrogens with zero attached hydrogens (tertiary/aromatic N) is 2. The molecule has 0 aromatic carbocycles. The maximum Gasteiger partial charge on any atom is 0.242 e. The number of hydrogen-bond donors (Lipinski definition) is 1. The van der Waals surface area contributed by atoms with Crippen molar-refractivity contribution >= 4 is 5.91 Å². The van der Waals surface area contributed by atoms with E-state index in [2.05, 4.69) is 51.8 Å². The van der Waals surface area contributed by atoms with Crippen LogP contribution >= 0.6 is 0 Å². The Kier molecular flexibility index (Phi) is 5.81. The van der Waals surface area contributed by atoms with E-state index in [-0.39, 0.29) is 11.9 Å². The summed E-state index contributed by atoms with van der Waals surface area (Å²) in [7, 11) is 0. The third-order valence-corrected chi connectivity index (χ3v) is 3.88. The summed E-state index contributed by atoms with van der Waals surface area (Å²) >= 11 is 0. The van der Waals surface area contributed by atoms with Gasteiger partial charge in [0.1, 0.15) is 0 Å². The van der Waals surface area contributed by atoms with Gasteiger partial charge in [-0.05, 0) is 33.6 Å². The average molecular weight is 269 g/mol. The SMILES string of the molecule is CC(C)CN(C(=O)C(C)(C)N1CCNCC1)C(C)C. The number of carbonyl (C=O) groups excluding carboxylic acids is 1. The summed E-state index contributed by atoms with van der Waals surface area (Å²) in [5.41, 5.74) is -0.402. The van der Waals surface area contributed by atoms with E-state index in [1.165, 1.54) is 0 Å². The Morgan fingerprint density at radius 2 is 1.74 bits per heavy atom. The van der Waals surface area contributed by atoms with E-state index in [1.807, 2.05) is 4.90 Å². The summed E-state index contributed by atoms with van der Waals surface area (Å²) in [5, 5.41) is 3.34. The van der Waals surface area contributed by atoms with Crippen LogP contribution < -0.4 is 5.32 Å². The third-order valence-electron chi connectivity index (χ3n) is 3.88. The first-order valence-corrected chi connectivity index (χ1v) is 7.53. The zero-order valence-corrected chi connectivity index (χ0v) is 13.5. The van der Waals surface area contributed by atoms with Crippen molar-refractivity contribution in [1.29, 1.82) is 0 Å². The van der Waals surface area contributed by atoms with Crippen molar-refractivity contribution in [2.24, 2.45) is 5.92 Å². The van der Waals surface area contributed by atoms with Gasteiger partial charge in [-0.15, -0.1) is 0 Å². The number of carbonyl (C=O) groups is 1. The van der Waals surface area contributed by atoms with Crippen LogP contribution in [-0.4, -0.2) is 60.0 Å². The van der Waals surface area contributed by atoms with E-state index in [0.717, 1.165) is 32.7 Å². The molecule has 1 N–H and O–H groups in total. The molecule has 1 amide bonds. The van der Waals surface area contributed by atoms with Gasteiger partial charge in [0, 0.05) is 38.8 Å². The second-order valence-corrected chi connectivity index (χ2v) is 6.74. The molecule has 0 spiro atoms. The van der Waals surface area contributed by atoms with Gasteiger partial charge in [0.2, 0.25) is 5.91 Å². The molecule has 4 heteroatoms. The van der Waals surface area contributed by atoms with Crippen molar-refractivity contribution in [3.05, 3.63) is 0 Å². The lowest BCUT2D eigenvalue weighted by Crippen LogP contribution is -2.61. The molecule has 1 saturated heterocycles. The summed E-state index contributed by atoms with van der Waals surface area (Å²) < 4.78 is 0. The van der Waals surface area contributed by atoms with Crippen LogP contribution in [0.5, 0.6) is 0 Å². The topological polar surface area (TPSA) is 35.6 Å². The summed E-state index contributed by atoms with van der Waals surface area (Å²) in [6, 6.07) is 0.261. The second kappa shape index (κ2) is 6.71. The summed E-state index contributed by atoms with van der Waals surface area (Å²) in [5.74, 6) is 0.767. The van der Waals surface area contributed by atoms with E-state index in [1.54, 1.807) is 0 Å². The Labute approximate surface area is 118 Å². The smallest absolute Gasteiger partial charge is 0.242 e. The Morgan fingerprint density at radius 1 is 1.21 bits per heavy atom. The lowest BCUT2D eigenvalue weighted by molar-refractivity contribution is -0.145. The molecular weight excluding hydrogens is 238 g/mol. The van der Waals surface area contributed by atoms with E-state index < -0.39 is 5.54 Å². The third kappa shape index (κ3) is 4.18. The van der Waals surface area contributed by atoms with Gasteiger partial charge >= 0.3 is 0 Å². The van der Waals surface area contributed by atoms with Crippen LogP contribution in [0.1, 0.15) is 41.5 Å². The minimum atomic E-state index is -0.402. The summed E-state index contributed by atoms with van der Waals surface area (Å²) in [6.07, 6.45) is 0. The minimum absolute atomic E-state index is 0.261. The van der Waals surface area contributed by atoms with E-state index in [0.29, 0.717) is 5.92 Å². The minimum Gasteiger partial charge on any atom is -0.338 e. The van der Waals surface area contributed by atoms with Crippen molar-refractivity contribution in [3.8, 4) is 0 Å². The number of piperazine rings is 1. The molecule has 0 aliphatic carbocycles. The Bertz CT molecular complexity index is 294. The normalized spacial score (nSPS) is 18.1. The monoisotopic (exact) mass is 269 g/mol. The van der Waals surface area contributed by atoms with Gasteiger partial charge in [0.25, 0.3) is 0 Å². The van der Waals surface area contributed by atoms with Crippen LogP contribution in [0.2, 0.25) is 0 Å². The molecule has 0 aromatic heterocycles. The fourth-order valence-corrected chi connectivity index (χ4v) is 2.63. The standard InChI is InChI=1S/C15H31N3O/c1-12(2)11-18(13(3)4)14(19)15(5,6)17-9-7-16-8-10-17/h12-13,16H,7-11H2,1-6H3. The van der Waals surface area contributed by atoms with Crippen LogP contribution in [0.4, 0.5) is 0 Å². The van der Waals surface area contributed by atoms with Gasteiger partial charge in [-0.2, -0.15) is 0 Å². The van der Waals surface area contributed by atoms with Crippen molar-refractivity contribution in [3.63, 3.8) is 0 Å². The first-order chi connectivity index (χ1) is 8.76. The molecule has 1 fully saturated rings. The highest BCUT2D eigenvalue weighted by molar-refractivity contribution is 5.85. The predicted octanol–water partition coefficient (Wildman–Crippen LogP) is 1.56. The van der Waals surface area contributed by atoms with Gasteiger partial charge in [0.05, 0.1) is 5.54 Å². The van der Waals surface area contributed by atoms with Gasteiger partial charge < -0.3 is 10.2 Å². The molecule has 0 unspecified atom stereocenters. The fraction of sp³-hybridized carbons (Fsp3) is 0.933. The van der Waals surface area contributed by atoms with Gasteiger partial charge in [-0.1, -0.05) is 13.8 Å². The first kappa shape index (κ1) is 16.4. The van der Waals surface area contributed by atoms with Gasteiger partial charge in [-0.25, -0.2) is 0 Å². The zero-order valence-electron chi connectivity index (χ0n) is 13.5. The molecular formula is C15H31N3O. The summed E-state index contributed by atoms with van der Waals surface area (Å²) in [4.78, 5) is 17.2. The van der Waals surface area contributed by atoms with Crippen LogP contribution in [0.25, 0.3) is 0 Å². The largest absolute Gasteiger partial charge is 0.338 e. The van der Waals surface area contributed by atoms with Crippen molar-refractivity contribution in [1.82, 2.24) is 15.1 Å². The van der Waals surface area contributed by atoms with Gasteiger partial charge in [0.15, 0.2) is 0 Å². The molecule has 0 radical (unpaired) electrons. The first-order valence-electron chi connectivity index (χ1n) is 7.53. The van der Waals surface area contributed by atoms with Crippen molar-refractivity contribution < 1.29 is 4.79 Å². The summed E-state index contributed by atoms with van der Waals surface area (Å²) in [6.45, 7) is 17.4. The molecule has 0 bridgehead atoms. The highest BCUT2D eigenvalue weighted by Gasteiger charge is 2.38. The molecule has 1 rings (SSSR count). The van der Waals surface area contributed by atoms with Crippen LogP contribution in [0.3, 0.4) is 0 Å². The van der Waals surface area contributed by atoms with Gasteiger partial charge in [-0.3, -0.25) is 9.69 Å². The number of nitrogens with one attached hydrogen (secondary N) is 1.